The summed E-state index contributed by atoms with van der Waals surface area (Å²) in [5.74, 6) is 0.990. The van der Waals surface area contributed by atoms with Crippen molar-refractivity contribution in [2.75, 3.05) is 39.7 Å². The van der Waals surface area contributed by atoms with E-state index in [1.807, 2.05) is 11.7 Å². The molecule has 1 heterocycles. The smallest absolute Gasteiger partial charge is 0.0834 e. The van der Waals surface area contributed by atoms with Gasteiger partial charge in [-0.1, -0.05) is 11.6 Å². The van der Waals surface area contributed by atoms with Crippen LogP contribution in [-0.4, -0.2) is 54.4 Å². The number of hydrogen-bond acceptors (Lipinski definition) is 4. The van der Waals surface area contributed by atoms with Gasteiger partial charge in [0.25, 0.3) is 0 Å². The number of halogens is 1. The lowest BCUT2D eigenvalue weighted by Gasteiger charge is -2.18. The van der Waals surface area contributed by atoms with Crippen molar-refractivity contribution in [1.29, 1.82) is 0 Å². The molecule has 0 saturated carbocycles. The monoisotopic (exact) mass is 276 g/mol. The number of rotatable bonds is 7. The Hall–Kier alpha value is -0.230. The van der Waals surface area contributed by atoms with Gasteiger partial charge in [0.15, 0.2) is 0 Å². The van der Waals surface area contributed by atoms with Crippen LogP contribution in [-0.2, 0) is 6.54 Å². The first-order valence-electron chi connectivity index (χ1n) is 5.62. The fourth-order valence-corrected chi connectivity index (χ4v) is 2.59. The Morgan fingerprint density at radius 1 is 1.59 bits per heavy atom. The molecular weight excluding hydrogens is 256 g/mol. The van der Waals surface area contributed by atoms with Crippen molar-refractivity contribution in [3.63, 3.8) is 0 Å². The summed E-state index contributed by atoms with van der Waals surface area (Å²) in [6.07, 6.45) is 3.83. The molecule has 17 heavy (non-hydrogen) atoms. The number of nitrogens with zero attached hydrogens (tertiary/aromatic N) is 3. The third kappa shape index (κ3) is 4.17. The Balaban J connectivity index is 2.84. The van der Waals surface area contributed by atoms with E-state index in [0.717, 1.165) is 29.6 Å². The predicted octanol–water partition coefficient (Wildman–Crippen LogP) is 1.72. The van der Waals surface area contributed by atoms with E-state index in [1.54, 1.807) is 18.0 Å². The summed E-state index contributed by atoms with van der Waals surface area (Å²) in [6.45, 7) is 1.82. The first-order chi connectivity index (χ1) is 8.10. The Morgan fingerprint density at radius 3 is 2.82 bits per heavy atom. The summed E-state index contributed by atoms with van der Waals surface area (Å²) in [5, 5.41) is 8.39. The molecule has 1 aromatic heterocycles. The quantitative estimate of drug-likeness (QED) is 0.822. The zero-order valence-corrected chi connectivity index (χ0v) is 12.5. The Morgan fingerprint density at radius 2 is 2.29 bits per heavy atom. The standard InChI is InChI=1S/C11H21ClN4S/c1-13-10(8-17-4)11-9(12)7-14-16(11)6-5-15(2)3/h7,10,13H,5-6,8H2,1-4H3. The third-order valence-corrected chi connectivity index (χ3v) is 3.56. The number of likely N-dealkylation sites (N-methyl/N-ethyl adjacent to an activating group) is 1. The van der Waals surface area contributed by atoms with Gasteiger partial charge >= 0.3 is 0 Å². The van der Waals surface area contributed by atoms with Crippen molar-refractivity contribution in [1.82, 2.24) is 20.0 Å². The second-order valence-corrected chi connectivity index (χ2v) is 5.52. The molecule has 0 aliphatic heterocycles. The molecule has 6 heteroatoms. The molecule has 1 atom stereocenters. The molecule has 0 aliphatic carbocycles. The number of hydrogen-bond donors (Lipinski definition) is 1. The topological polar surface area (TPSA) is 33.1 Å². The first kappa shape index (κ1) is 14.8. The summed E-state index contributed by atoms with van der Waals surface area (Å²) in [6, 6.07) is 0.252. The molecule has 1 aromatic rings. The van der Waals surface area contributed by atoms with Crippen molar-refractivity contribution in [2.45, 2.75) is 12.6 Å². The minimum absolute atomic E-state index is 0.252. The molecule has 1 rings (SSSR count). The zero-order chi connectivity index (χ0) is 12.8. The average molecular weight is 277 g/mol. The van der Waals surface area contributed by atoms with Crippen molar-refractivity contribution in [3.8, 4) is 0 Å². The van der Waals surface area contributed by atoms with Crippen LogP contribution in [0.4, 0.5) is 0 Å². The highest BCUT2D eigenvalue weighted by atomic mass is 35.5. The summed E-state index contributed by atoms with van der Waals surface area (Å²) in [5.41, 5.74) is 1.09. The highest BCUT2D eigenvalue weighted by molar-refractivity contribution is 7.98. The normalized spacial score (nSPS) is 13.3. The Kier molecular flexibility index (Phi) is 6.33. The molecule has 0 saturated heterocycles. The molecule has 0 spiro atoms. The van der Waals surface area contributed by atoms with Gasteiger partial charge in [-0.05, 0) is 27.4 Å². The summed E-state index contributed by atoms with van der Waals surface area (Å²) in [4.78, 5) is 2.14. The number of aromatic nitrogens is 2. The molecule has 1 unspecified atom stereocenters. The van der Waals surface area contributed by atoms with E-state index in [2.05, 4.69) is 35.7 Å². The Labute approximate surface area is 113 Å². The van der Waals surface area contributed by atoms with Crippen LogP contribution >= 0.6 is 23.4 Å². The highest BCUT2D eigenvalue weighted by Gasteiger charge is 2.18. The van der Waals surface area contributed by atoms with Gasteiger partial charge in [0.05, 0.1) is 29.5 Å². The minimum Gasteiger partial charge on any atom is -0.311 e. The summed E-state index contributed by atoms with van der Waals surface area (Å²) in [7, 11) is 6.07. The first-order valence-corrected chi connectivity index (χ1v) is 7.39. The van der Waals surface area contributed by atoms with Gasteiger partial charge < -0.3 is 10.2 Å². The maximum Gasteiger partial charge on any atom is 0.0834 e. The molecule has 4 nitrogen and oxygen atoms in total. The fraction of sp³-hybridized carbons (Fsp3) is 0.727. The van der Waals surface area contributed by atoms with Crippen LogP contribution in [0.2, 0.25) is 5.02 Å². The molecule has 0 radical (unpaired) electrons. The van der Waals surface area contributed by atoms with Crippen molar-refractivity contribution >= 4 is 23.4 Å². The number of thioether (sulfide) groups is 1. The lowest BCUT2D eigenvalue weighted by atomic mass is 10.2. The summed E-state index contributed by atoms with van der Waals surface area (Å²) < 4.78 is 2.00. The van der Waals surface area contributed by atoms with Crippen LogP contribution in [0.3, 0.4) is 0 Å². The summed E-state index contributed by atoms with van der Waals surface area (Å²) >= 11 is 8.02. The van der Waals surface area contributed by atoms with E-state index < -0.39 is 0 Å². The van der Waals surface area contributed by atoms with E-state index in [1.165, 1.54) is 0 Å². The van der Waals surface area contributed by atoms with Crippen LogP contribution < -0.4 is 5.32 Å². The molecular formula is C11H21ClN4S. The molecule has 1 N–H and O–H groups in total. The van der Waals surface area contributed by atoms with Crippen molar-refractivity contribution < 1.29 is 0 Å². The second-order valence-electron chi connectivity index (χ2n) is 4.20. The minimum atomic E-state index is 0.252. The van der Waals surface area contributed by atoms with Gasteiger partial charge in [-0.3, -0.25) is 4.68 Å². The maximum atomic E-state index is 6.22. The lowest BCUT2D eigenvalue weighted by Crippen LogP contribution is -2.26. The van der Waals surface area contributed by atoms with Crippen molar-refractivity contribution in [2.24, 2.45) is 0 Å². The molecule has 0 aliphatic rings. The van der Waals surface area contributed by atoms with E-state index in [0.29, 0.717) is 0 Å². The predicted molar refractivity (Wildman–Crippen MR) is 76.0 cm³/mol. The highest BCUT2D eigenvalue weighted by Crippen LogP contribution is 2.24. The van der Waals surface area contributed by atoms with E-state index in [-0.39, 0.29) is 6.04 Å². The van der Waals surface area contributed by atoms with Gasteiger partial charge in [-0.2, -0.15) is 16.9 Å². The van der Waals surface area contributed by atoms with Gasteiger partial charge in [0.2, 0.25) is 0 Å². The number of nitrogens with one attached hydrogen (secondary N) is 1. The second kappa shape index (κ2) is 7.26. The van der Waals surface area contributed by atoms with Crippen LogP contribution in [0.5, 0.6) is 0 Å². The third-order valence-electron chi connectivity index (χ3n) is 2.60. The SMILES string of the molecule is CNC(CSC)c1c(Cl)cnn1CCN(C)C. The van der Waals surface area contributed by atoms with Gasteiger partial charge in [-0.15, -0.1) is 0 Å². The lowest BCUT2D eigenvalue weighted by molar-refractivity contribution is 0.365. The van der Waals surface area contributed by atoms with Crippen molar-refractivity contribution in [3.05, 3.63) is 16.9 Å². The van der Waals surface area contributed by atoms with Gasteiger partial charge in [0, 0.05) is 12.3 Å². The maximum absolute atomic E-state index is 6.22. The molecule has 0 bridgehead atoms. The fourth-order valence-electron chi connectivity index (χ4n) is 1.66. The van der Waals surface area contributed by atoms with E-state index in [4.69, 9.17) is 11.6 Å². The van der Waals surface area contributed by atoms with Crippen LogP contribution in [0.15, 0.2) is 6.20 Å². The molecule has 0 aromatic carbocycles. The van der Waals surface area contributed by atoms with Gasteiger partial charge in [0.1, 0.15) is 0 Å². The molecule has 0 amide bonds. The molecule has 0 fully saturated rings. The average Bonchev–Trinajstić information content (AvgIpc) is 2.65. The zero-order valence-electron chi connectivity index (χ0n) is 10.9. The molecule has 98 valence electrons. The Bertz CT molecular complexity index is 340. The van der Waals surface area contributed by atoms with Gasteiger partial charge in [-0.25, -0.2) is 0 Å². The van der Waals surface area contributed by atoms with E-state index in [9.17, 15) is 0 Å². The van der Waals surface area contributed by atoms with Crippen LogP contribution in [0, 0.1) is 0 Å². The van der Waals surface area contributed by atoms with E-state index >= 15 is 0 Å². The largest absolute Gasteiger partial charge is 0.311 e. The van der Waals surface area contributed by atoms with Crippen LogP contribution in [0.1, 0.15) is 11.7 Å². The van der Waals surface area contributed by atoms with Crippen LogP contribution in [0.25, 0.3) is 0 Å².